The lowest BCUT2D eigenvalue weighted by Gasteiger charge is -2.22. The van der Waals surface area contributed by atoms with Crippen molar-refractivity contribution in [3.63, 3.8) is 0 Å². The van der Waals surface area contributed by atoms with Crippen LogP contribution in [-0.4, -0.2) is 29.6 Å². The maximum atomic E-state index is 13.4. The Hall–Kier alpha value is -2.38. The van der Waals surface area contributed by atoms with Crippen molar-refractivity contribution in [2.24, 2.45) is 10.5 Å². The van der Waals surface area contributed by atoms with Crippen molar-refractivity contribution in [3.8, 4) is 11.5 Å². The van der Waals surface area contributed by atoms with Crippen LogP contribution in [0.25, 0.3) is 10.9 Å². The fourth-order valence-electron chi connectivity index (χ4n) is 3.14. The first kappa shape index (κ1) is 25.2. The number of rotatable bonds is 5. The fraction of sp³-hybridized carbons (Fsp3) is 0.400. The van der Waals surface area contributed by atoms with E-state index in [1.54, 1.807) is 31.5 Å². The zero-order chi connectivity index (χ0) is 24.6. The molecule has 8 heteroatoms. The molecule has 0 bridgehead atoms. The van der Waals surface area contributed by atoms with Gasteiger partial charge in [-0.25, -0.2) is 4.98 Å². The molecule has 1 aromatic heterocycles. The number of ether oxygens (including phenoxy) is 2. The van der Waals surface area contributed by atoms with Gasteiger partial charge in [-0.1, -0.05) is 69.1 Å². The standard InChI is InChI=1S/C25H29BrClN3O3/c1-24(2,3)14-33-21-15(10-17(27)12-20(21)32-7)13-28-30-22(31)18-11-16(26)8-9-19(18)29-23(30)25(4,5)6/h8-13H,14H2,1-7H3. The highest BCUT2D eigenvalue weighted by Gasteiger charge is 2.23. The van der Waals surface area contributed by atoms with Crippen molar-refractivity contribution in [2.75, 3.05) is 13.7 Å². The molecule has 3 rings (SSSR count). The minimum absolute atomic E-state index is 0.0644. The summed E-state index contributed by atoms with van der Waals surface area (Å²) in [6.45, 7) is 12.7. The van der Waals surface area contributed by atoms with Gasteiger partial charge >= 0.3 is 0 Å². The Morgan fingerprint density at radius 2 is 1.85 bits per heavy atom. The first-order chi connectivity index (χ1) is 15.3. The third-order valence-electron chi connectivity index (χ3n) is 4.71. The molecule has 0 atom stereocenters. The van der Waals surface area contributed by atoms with E-state index < -0.39 is 5.41 Å². The van der Waals surface area contributed by atoms with Crippen molar-refractivity contribution < 1.29 is 9.47 Å². The number of hydrogen-bond donors (Lipinski definition) is 0. The van der Waals surface area contributed by atoms with Crippen molar-refractivity contribution in [3.05, 3.63) is 61.6 Å². The van der Waals surface area contributed by atoms with E-state index in [-0.39, 0.29) is 11.0 Å². The zero-order valence-corrected chi connectivity index (χ0v) is 22.3. The topological polar surface area (TPSA) is 65.7 Å². The molecule has 0 saturated heterocycles. The Balaban J connectivity index is 2.20. The molecule has 0 N–H and O–H groups in total. The van der Waals surface area contributed by atoms with Crippen LogP contribution in [0.5, 0.6) is 11.5 Å². The summed E-state index contributed by atoms with van der Waals surface area (Å²) in [6.07, 6.45) is 1.56. The SMILES string of the molecule is COc1cc(Cl)cc(C=Nn2c(C(C)(C)C)nc3ccc(Br)cc3c2=O)c1OCC(C)(C)C. The van der Waals surface area contributed by atoms with E-state index in [1.807, 2.05) is 32.9 Å². The van der Waals surface area contributed by atoms with Crippen LogP contribution in [0.2, 0.25) is 5.02 Å². The Morgan fingerprint density at radius 3 is 2.45 bits per heavy atom. The van der Waals surface area contributed by atoms with Gasteiger partial charge in [0.05, 0.1) is 30.8 Å². The lowest BCUT2D eigenvalue weighted by atomic mass is 9.95. The molecule has 1 heterocycles. The fourth-order valence-corrected chi connectivity index (χ4v) is 3.72. The van der Waals surface area contributed by atoms with Gasteiger partial charge < -0.3 is 9.47 Å². The first-order valence-electron chi connectivity index (χ1n) is 10.6. The van der Waals surface area contributed by atoms with Crippen molar-refractivity contribution in [1.29, 1.82) is 0 Å². The second-order valence-corrected chi connectivity index (χ2v) is 11.4. The lowest BCUT2D eigenvalue weighted by molar-refractivity contribution is 0.191. The zero-order valence-electron chi connectivity index (χ0n) is 20.0. The van der Waals surface area contributed by atoms with Gasteiger partial charge in [0.15, 0.2) is 11.5 Å². The van der Waals surface area contributed by atoms with Gasteiger partial charge in [-0.15, -0.1) is 0 Å². The summed E-state index contributed by atoms with van der Waals surface area (Å²) in [7, 11) is 1.56. The number of hydrogen-bond acceptors (Lipinski definition) is 5. The third kappa shape index (κ3) is 5.95. The number of aromatic nitrogens is 2. The van der Waals surface area contributed by atoms with E-state index in [4.69, 9.17) is 26.1 Å². The van der Waals surface area contributed by atoms with Gasteiger partial charge in [0.1, 0.15) is 5.82 Å². The first-order valence-corrected chi connectivity index (χ1v) is 11.7. The molecule has 0 fully saturated rings. The Labute approximate surface area is 207 Å². The minimum Gasteiger partial charge on any atom is -0.493 e. The van der Waals surface area contributed by atoms with Gasteiger partial charge in [0.25, 0.3) is 5.56 Å². The predicted octanol–water partition coefficient (Wildman–Crippen LogP) is 6.43. The maximum Gasteiger partial charge on any atom is 0.282 e. The quantitative estimate of drug-likeness (QED) is 0.354. The van der Waals surface area contributed by atoms with E-state index in [0.717, 1.165) is 4.47 Å². The van der Waals surface area contributed by atoms with E-state index >= 15 is 0 Å². The van der Waals surface area contributed by atoms with Crippen LogP contribution < -0.4 is 15.0 Å². The second kappa shape index (κ2) is 9.47. The average Bonchev–Trinajstić information content (AvgIpc) is 2.70. The molecule has 0 aliphatic rings. The Kier molecular flexibility index (Phi) is 7.24. The van der Waals surface area contributed by atoms with Crippen molar-refractivity contribution in [1.82, 2.24) is 9.66 Å². The van der Waals surface area contributed by atoms with Crippen LogP contribution in [0.1, 0.15) is 52.9 Å². The van der Waals surface area contributed by atoms with Gasteiger partial charge in [-0.3, -0.25) is 4.79 Å². The summed E-state index contributed by atoms with van der Waals surface area (Å²) in [6, 6.07) is 8.87. The summed E-state index contributed by atoms with van der Waals surface area (Å²) in [5, 5.41) is 5.50. The highest BCUT2D eigenvalue weighted by atomic mass is 79.9. The molecule has 0 aliphatic heterocycles. The van der Waals surface area contributed by atoms with Crippen molar-refractivity contribution in [2.45, 2.75) is 47.0 Å². The monoisotopic (exact) mass is 533 g/mol. The van der Waals surface area contributed by atoms with E-state index in [9.17, 15) is 4.79 Å². The van der Waals surface area contributed by atoms with Crippen LogP contribution in [0.15, 0.2) is 44.7 Å². The highest BCUT2D eigenvalue weighted by molar-refractivity contribution is 9.10. The molecule has 0 unspecified atom stereocenters. The summed E-state index contributed by atoms with van der Waals surface area (Å²) >= 11 is 9.75. The minimum atomic E-state index is -0.421. The summed E-state index contributed by atoms with van der Waals surface area (Å²) < 4.78 is 13.7. The van der Waals surface area contributed by atoms with E-state index in [0.29, 0.717) is 45.4 Å². The summed E-state index contributed by atoms with van der Waals surface area (Å²) in [5.41, 5.74) is 0.483. The number of nitrogens with zero attached hydrogens (tertiary/aromatic N) is 3. The molecular formula is C25H29BrClN3O3. The highest BCUT2D eigenvalue weighted by Crippen LogP contribution is 2.35. The molecule has 0 saturated carbocycles. The predicted molar refractivity (Wildman–Crippen MR) is 138 cm³/mol. The average molecular weight is 535 g/mol. The van der Waals surface area contributed by atoms with E-state index in [1.165, 1.54) is 4.68 Å². The molecule has 0 aliphatic carbocycles. The number of fused-ring (bicyclic) bond motifs is 1. The van der Waals surface area contributed by atoms with Crippen LogP contribution in [-0.2, 0) is 5.41 Å². The van der Waals surface area contributed by atoms with Crippen LogP contribution in [0, 0.1) is 5.41 Å². The van der Waals surface area contributed by atoms with Crippen LogP contribution in [0.4, 0.5) is 0 Å². The molecule has 33 heavy (non-hydrogen) atoms. The van der Waals surface area contributed by atoms with Gasteiger partial charge in [-0.05, 0) is 29.7 Å². The molecule has 2 aromatic carbocycles. The number of halogens is 2. The second-order valence-electron chi connectivity index (χ2n) is 10.1. The maximum absolute atomic E-state index is 13.4. The number of methoxy groups -OCH3 is 1. The Bertz CT molecular complexity index is 1270. The van der Waals surface area contributed by atoms with Gasteiger partial charge in [0.2, 0.25) is 0 Å². The van der Waals surface area contributed by atoms with Gasteiger partial charge in [0, 0.05) is 26.5 Å². The molecule has 3 aromatic rings. The molecule has 0 spiro atoms. The smallest absolute Gasteiger partial charge is 0.282 e. The lowest BCUT2D eigenvalue weighted by Crippen LogP contribution is -2.29. The van der Waals surface area contributed by atoms with Crippen molar-refractivity contribution >= 4 is 44.6 Å². The largest absolute Gasteiger partial charge is 0.493 e. The Morgan fingerprint density at radius 1 is 1.15 bits per heavy atom. The molecule has 6 nitrogen and oxygen atoms in total. The molecule has 0 radical (unpaired) electrons. The van der Waals surface area contributed by atoms with Crippen LogP contribution >= 0.6 is 27.5 Å². The van der Waals surface area contributed by atoms with E-state index in [2.05, 4.69) is 41.8 Å². The third-order valence-corrected chi connectivity index (χ3v) is 5.42. The number of benzene rings is 2. The summed E-state index contributed by atoms with van der Waals surface area (Å²) in [4.78, 5) is 18.2. The molecule has 176 valence electrons. The van der Waals surface area contributed by atoms with Crippen LogP contribution in [0.3, 0.4) is 0 Å². The van der Waals surface area contributed by atoms with Gasteiger partial charge in [-0.2, -0.15) is 9.78 Å². The normalized spacial score (nSPS) is 12.5. The molecule has 0 amide bonds. The summed E-state index contributed by atoms with van der Waals surface area (Å²) in [5.74, 6) is 1.56. The molecular weight excluding hydrogens is 506 g/mol.